The van der Waals surface area contributed by atoms with Crippen LogP contribution in [0.2, 0.25) is 0 Å². The molecule has 0 saturated carbocycles. The molecule has 23 heavy (non-hydrogen) atoms. The lowest BCUT2D eigenvalue weighted by atomic mass is 10.2. The number of fused-ring (bicyclic) bond motifs is 1. The fraction of sp³-hybridized carbons (Fsp3) is 0.118. The quantitative estimate of drug-likeness (QED) is 0.501. The van der Waals surface area contributed by atoms with Crippen molar-refractivity contribution in [2.45, 2.75) is 17.3 Å². The van der Waals surface area contributed by atoms with Crippen molar-refractivity contribution in [3.63, 3.8) is 0 Å². The van der Waals surface area contributed by atoms with Crippen LogP contribution >= 0.6 is 27.7 Å². The van der Waals surface area contributed by atoms with Crippen molar-refractivity contribution in [3.05, 3.63) is 63.4 Å². The van der Waals surface area contributed by atoms with Gasteiger partial charge in [0.05, 0.1) is 27.9 Å². The summed E-state index contributed by atoms with van der Waals surface area (Å²) < 4.78 is 2.39. The molecule has 0 N–H and O–H groups in total. The Morgan fingerprint density at radius 1 is 1.26 bits per heavy atom. The summed E-state index contributed by atoms with van der Waals surface area (Å²) in [6.07, 6.45) is 0. The fourth-order valence-electron chi connectivity index (χ4n) is 2.21. The van der Waals surface area contributed by atoms with Gasteiger partial charge in [-0.15, -0.1) is 0 Å². The lowest BCUT2D eigenvalue weighted by Gasteiger charge is -2.13. The molecule has 4 nitrogen and oxygen atoms in total. The van der Waals surface area contributed by atoms with Crippen LogP contribution < -0.4 is 5.56 Å². The number of nitrogens with zero attached hydrogens (tertiary/aromatic N) is 3. The van der Waals surface area contributed by atoms with Gasteiger partial charge in [-0.2, -0.15) is 5.26 Å². The third-order valence-electron chi connectivity index (χ3n) is 3.28. The molecule has 3 aromatic rings. The van der Waals surface area contributed by atoms with E-state index >= 15 is 0 Å². The number of halogens is 1. The highest BCUT2D eigenvalue weighted by atomic mass is 79.9. The molecular weight excluding hydrogens is 374 g/mol. The number of nitriles is 1. The molecule has 2 aromatic carbocycles. The highest BCUT2D eigenvalue weighted by molar-refractivity contribution is 9.10. The summed E-state index contributed by atoms with van der Waals surface area (Å²) in [5.74, 6) is 0. The Labute approximate surface area is 145 Å². The molecule has 0 aliphatic rings. The van der Waals surface area contributed by atoms with Gasteiger partial charge in [-0.05, 0) is 37.3 Å². The average molecular weight is 386 g/mol. The van der Waals surface area contributed by atoms with Crippen LogP contribution in [0, 0.1) is 11.3 Å². The second kappa shape index (κ2) is 6.57. The maximum Gasteiger partial charge on any atom is 0.266 e. The van der Waals surface area contributed by atoms with E-state index in [2.05, 4.69) is 27.0 Å². The molecule has 6 heteroatoms. The van der Waals surface area contributed by atoms with E-state index in [1.54, 1.807) is 23.6 Å². The summed E-state index contributed by atoms with van der Waals surface area (Å²) in [5, 5.41) is 9.84. The number of hydrogen-bond donors (Lipinski definition) is 0. The van der Waals surface area contributed by atoms with Gasteiger partial charge in [0.25, 0.3) is 5.56 Å². The van der Waals surface area contributed by atoms with Crippen LogP contribution in [0.4, 0.5) is 0 Å². The molecular formula is C17H12BrN3OS. The Morgan fingerprint density at radius 3 is 2.70 bits per heavy atom. The topological polar surface area (TPSA) is 58.7 Å². The average Bonchev–Trinajstić information content (AvgIpc) is 2.56. The van der Waals surface area contributed by atoms with E-state index in [9.17, 15) is 4.79 Å². The molecule has 0 spiro atoms. The molecule has 1 aromatic heterocycles. The van der Waals surface area contributed by atoms with Crippen LogP contribution in [0.3, 0.4) is 0 Å². The van der Waals surface area contributed by atoms with Gasteiger partial charge in [0, 0.05) is 4.47 Å². The first-order valence-corrected chi connectivity index (χ1v) is 8.61. The Bertz CT molecular complexity index is 963. The third kappa shape index (κ3) is 3.16. The van der Waals surface area contributed by atoms with Crippen molar-refractivity contribution in [1.82, 2.24) is 9.55 Å². The van der Waals surface area contributed by atoms with E-state index in [1.165, 1.54) is 11.8 Å². The van der Waals surface area contributed by atoms with Gasteiger partial charge in [-0.25, -0.2) is 4.98 Å². The Kier molecular flexibility index (Phi) is 4.51. The van der Waals surface area contributed by atoms with Crippen molar-refractivity contribution in [3.8, 4) is 11.8 Å². The summed E-state index contributed by atoms with van der Waals surface area (Å²) in [4.78, 5) is 17.6. The second-order valence-corrected chi connectivity index (χ2v) is 7.14. The molecule has 0 fully saturated rings. The SMILES string of the molecule is C[C@@H](C#N)Sc1nc2ccc(Br)cc2c(=O)n1-c1ccccc1. The molecule has 0 aliphatic heterocycles. The Hall–Kier alpha value is -2.10. The second-order valence-electron chi connectivity index (χ2n) is 4.92. The predicted molar refractivity (Wildman–Crippen MR) is 96.0 cm³/mol. The number of para-hydroxylation sites is 1. The number of rotatable bonds is 3. The molecule has 3 rings (SSSR count). The standard InChI is InChI=1S/C17H12BrN3OS/c1-11(10-19)23-17-20-15-8-7-12(18)9-14(15)16(22)21(17)13-5-3-2-4-6-13/h2-9,11H,1H3/t11-/m0/s1. The normalized spacial score (nSPS) is 12.0. The smallest absolute Gasteiger partial charge is 0.266 e. The fourth-order valence-corrected chi connectivity index (χ4v) is 3.38. The molecule has 114 valence electrons. The largest absolute Gasteiger partial charge is 0.268 e. The summed E-state index contributed by atoms with van der Waals surface area (Å²) in [6, 6.07) is 16.9. The zero-order valence-corrected chi connectivity index (χ0v) is 14.6. The zero-order valence-electron chi connectivity index (χ0n) is 12.2. The van der Waals surface area contributed by atoms with Crippen LogP contribution in [-0.2, 0) is 0 Å². The van der Waals surface area contributed by atoms with Crippen molar-refractivity contribution in [2.75, 3.05) is 0 Å². The maximum absolute atomic E-state index is 13.0. The Morgan fingerprint density at radius 2 is 2.00 bits per heavy atom. The minimum Gasteiger partial charge on any atom is -0.268 e. The highest BCUT2D eigenvalue weighted by Gasteiger charge is 2.15. The van der Waals surface area contributed by atoms with Gasteiger partial charge >= 0.3 is 0 Å². The van der Waals surface area contributed by atoms with Crippen LogP contribution in [0.15, 0.2) is 63.0 Å². The van der Waals surface area contributed by atoms with Crippen molar-refractivity contribution >= 4 is 38.6 Å². The molecule has 1 heterocycles. The van der Waals surface area contributed by atoms with Gasteiger partial charge in [-0.1, -0.05) is 45.9 Å². The van der Waals surface area contributed by atoms with Gasteiger partial charge in [0.2, 0.25) is 0 Å². The lowest BCUT2D eigenvalue weighted by Crippen LogP contribution is -2.22. The van der Waals surface area contributed by atoms with Crippen molar-refractivity contribution in [2.24, 2.45) is 0 Å². The number of aromatic nitrogens is 2. The van der Waals surface area contributed by atoms with Crippen molar-refractivity contribution in [1.29, 1.82) is 5.26 Å². The monoisotopic (exact) mass is 385 g/mol. The summed E-state index contributed by atoms with van der Waals surface area (Å²) >= 11 is 4.67. The first-order chi connectivity index (χ1) is 11.1. The molecule has 0 amide bonds. The number of thioether (sulfide) groups is 1. The molecule has 0 radical (unpaired) electrons. The van der Waals surface area contributed by atoms with Gasteiger partial charge in [0.15, 0.2) is 5.16 Å². The van der Waals surface area contributed by atoms with Gasteiger partial charge < -0.3 is 0 Å². The lowest BCUT2D eigenvalue weighted by molar-refractivity contribution is 0.818. The zero-order chi connectivity index (χ0) is 16.4. The minimum atomic E-state index is -0.301. The van der Waals surface area contributed by atoms with Gasteiger partial charge in [-0.3, -0.25) is 9.36 Å². The minimum absolute atomic E-state index is 0.143. The van der Waals surface area contributed by atoms with Crippen molar-refractivity contribution < 1.29 is 0 Å². The Balaban J connectivity index is 2.33. The third-order valence-corrected chi connectivity index (χ3v) is 4.71. The van der Waals surface area contributed by atoms with E-state index in [0.29, 0.717) is 16.1 Å². The van der Waals surface area contributed by atoms with E-state index in [0.717, 1.165) is 10.2 Å². The maximum atomic E-state index is 13.0. The van der Waals surface area contributed by atoms with Crippen LogP contribution in [0.1, 0.15) is 6.92 Å². The number of hydrogen-bond acceptors (Lipinski definition) is 4. The first-order valence-electron chi connectivity index (χ1n) is 6.94. The predicted octanol–water partition coefficient (Wildman–Crippen LogP) is 4.15. The van der Waals surface area contributed by atoms with E-state index in [4.69, 9.17) is 5.26 Å². The van der Waals surface area contributed by atoms with Gasteiger partial charge in [0.1, 0.15) is 0 Å². The van der Waals surface area contributed by atoms with Crippen LogP contribution in [-0.4, -0.2) is 14.8 Å². The first kappa shape index (κ1) is 15.8. The molecule has 0 aliphatic carbocycles. The molecule has 0 saturated heterocycles. The highest BCUT2D eigenvalue weighted by Crippen LogP contribution is 2.25. The van der Waals surface area contributed by atoms with Crippen LogP contribution in [0.25, 0.3) is 16.6 Å². The molecule has 1 atom stereocenters. The summed E-state index contributed by atoms with van der Waals surface area (Å²) in [7, 11) is 0. The van der Waals surface area contributed by atoms with E-state index in [1.807, 2.05) is 36.4 Å². The van der Waals surface area contributed by atoms with Crippen LogP contribution in [0.5, 0.6) is 0 Å². The number of benzene rings is 2. The summed E-state index contributed by atoms with van der Waals surface area (Å²) in [6.45, 7) is 1.79. The van der Waals surface area contributed by atoms with E-state index < -0.39 is 0 Å². The summed E-state index contributed by atoms with van der Waals surface area (Å²) in [5.41, 5.74) is 1.22. The molecule has 0 bridgehead atoms. The van der Waals surface area contributed by atoms with E-state index in [-0.39, 0.29) is 10.8 Å². The molecule has 0 unspecified atom stereocenters.